The van der Waals surface area contributed by atoms with E-state index in [1.54, 1.807) is 0 Å². The van der Waals surface area contributed by atoms with Crippen LogP contribution in [0, 0.1) is 11.8 Å². The SMILES string of the molecule is COC(=O)[C@@H]1C[C@@H](CC2CC2)CN1C(=S)OC(C)(C)C. The van der Waals surface area contributed by atoms with Crippen LogP contribution in [0.1, 0.15) is 46.5 Å². The molecule has 2 fully saturated rings. The summed E-state index contributed by atoms with van der Waals surface area (Å²) in [5, 5.41) is 0.422. The van der Waals surface area contributed by atoms with Gasteiger partial charge in [-0.3, -0.25) is 0 Å². The number of ether oxygens (including phenoxy) is 2. The molecule has 0 aromatic rings. The number of rotatable bonds is 3. The van der Waals surface area contributed by atoms with Gasteiger partial charge in [-0.1, -0.05) is 12.8 Å². The molecule has 4 nitrogen and oxygen atoms in total. The highest BCUT2D eigenvalue weighted by atomic mass is 32.1. The van der Waals surface area contributed by atoms with E-state index in [2.05, 4.69) is 0 Å². The highest BCUT2D eigenvalue weighted by molar-refractivity contribution is 7.80. The monoisotopic (exact) mass is 299 g/mol. The third-order valence-corrected chi connectivity index (χ3v) is 4.17. The maximum absolute atomic E-state index is 12.0. The Balaban J connectivity index is 2.02. The summed E-state index contributed by atoms with van der Waals surface area (Å²) in [5.74, 6) is 1.17. The molecule has 0 unspecified atom stereocenters. The van der Waals surface area contributed by atoms with Crippen molar-refractivity contribution in [3.8, 4) is 0 Å². The molecule has 1 saturated heterocycles. The maximum atomic E-state index is 12.0. The second-order valence-corrected chi connectivity index (χ2v) is 7.30. The van der Waals surface area contributed by atoms with Crippen LogP contribution < -0.4 is 0 Å². The first-order chi connectivity index (χ1) is 9.30. The molecule has 0 bridgehead atoms. The predicted molar refractivity (Wildman–Crippen MR) is 81.4 cm³/mol. The van der Waals surface area contributed by atoms with Gasteiger partial charge in [0.15, 0.2) is 0 Å². The summed E-state index contributed by atoms with van der Waals surface area (Å²) < 4.78 is 10.7. The lowest BCUT2D eigenvalue weighted by Gasteiger charge is -2.30. The van der Waals surface area contributed by atoms with Crippen molar-refractivity contribution in [1.29, 1.82) is 0 Å². The summed E-state index contributed by atoms with van der Waals surface area (Å²) >= 11 is 5.38. The second kappa shape index (κ2) is 5.88. The fourth-order valence-electron chi connectivity index (χ4n) is 2.80. The van der Waals surface area contributed by atoms with Crippen molar-refractivity contribution in [3.05, 3.63) is 0 Å². The van der Waals surface area contributed by atoms with Crippen LogP contribution in [0.25, 0.3) is 0 Å². The van der Waals surface area contributed by atoms with E-state index < -0.39 is 0 Å². The molecule has 1 heterocycles. The number of thiocarbonyl (C=S) groups is 1. The van der Waals surface area contributed by atoms with Crippen LogP contribution in [0.5, 0.6) is 0 Å². The first kappa shape index (κ1) is 15.5. The van der Waals surface area contributed by atoms with Crippen LogP contribution in [-0.2, 0) is 14.3 Å². The summed E-state index contributed by atoms with van der Waals surface area (Å²) in [4.78, 5) is 13.9. The highest BCUT2D eigenvalue weighted by Crippen LogP contribution is 2.39. The Morgan fingerprint density at radius 2 is 1.95 bits per heavy atom. The lowest BCUT2D eigenvalue weighted by atomic mass is 9.99. The fraction of sp³-hybridized carbons (Fsp3) is 0.867. The van der Waals surface area contributed by atoms with Gasteiger partial charge in [-0.15, -0.1) is 0 Å². The zero-order valence-corrected chi connectivity index (χ0v) is 13.7. The molecule has 0 spiro atoms. The minimum absolute atomic E-state index is 0.205. The van der Waals surface area contributed by atoms with E-state index in [1.807, 2.05) is 25.7 Å². The average Bonchev–Trinajstić information content (AvgIpc) is 3.03. The lowest BCUT2D eigenvalue weighted by Crippen LogP contribution is -2.43. The van der Waals surface area contributed by atoms with Crippen LogP contribution in [-0.4, -0.2) is 41.3 Å². The highest BCUT2D eigenvalue weighted by Gasteiger charge is 2.41. The minimum atomic E-state index is -0.341. The molecular formula is C15H25NO3S. The fourth-order valence-corrected chi connectivity index (χ4v) is 3.25. The van der Waals surface area contributed by atoms with E-state index in [1.165, 1.54) is 26.4 Å². The number of carbonyl (C=O) groups is 1. The summed E-state index contributed by atoms with van der Waals surface area (Å²) in [6, 6.07) is -0.279. The molecule has 2 atom stereocenters. The van der Waals surface area contributed by atoms with Crippen molar-refractivity contribution in [1.82, 2.24) is 4.90 Å². The van der Waals surface area contributed by atoms with Crippen molar-refractivity contribution < 1.29 is 14.3 Å². The van der Waals surface area contributed by atoms with Gasteiger partial charge < -0.3 is 14.4 Å². The number of hydrogen-bond donors (Lipinski definition) is 0. The molecule has 0 radical (unpaired) electrons. The van der Waals surface area contributed by atoms with Crippen LogP contribution in [0.3, 0.4) is 0 Å². The van der Waals surface area contributed by atoms with Gasteiger partial charge in [-0.05, 0) is 57.7 Å². The van der Waals surface area contributed by atoms with Crippen molar-refractivity contribution in [2.45, 2.75) is 58.1 Å². The van der Waals surface area contributed by atoms with Gasteiger partial charge in [0.1, 0.15) is 11.6 Å². The molecule has 2 aliphatic rings. The maximum Gasteiger partial charge on any atom is 0.328 e. The Hall–Kier alpha value is -0.840. The quantitative estimate of drug-likeness (QED) is 0.592. The van der Waals surface area contributed by atoms with E-state index >= 15 is 0 Å². The number of likely N-dealkylation sites (tertiary alicyclic amines) is 1. The molecular weight excluding hydrogens is 274 g/mol. The summed E-state index contributed by atoms with van der Waals surface area (Å²) in [6.07, 6.45) is 4.70. The zero-order chi connectivity index (χ0) is 14.9. The number of methoxy groups -OCH3 is 1. The van der Waals surface area contributed by atoms with E-state index in [4.69, 9.17) is 21.7 Å². The minimum Gasteiger partial charge on any atom is -0.467 e. The Bertz CT molecular complexity index is 387. The number of carbonyl (C=O) groups excluding carboxylic acids is 1. The largest absolute Gasteiger partial charge is 0.467 e. The zero-order valence-electron chi connectivity index (χ0n) is 12.8. The molecule has 1 saturated carbocycles. The Labute approximate surface area is 126 Å². The van der Waals surface area contributed by atoms with Gasteiger partial charge in [0.25, 0.3) is 5.17 Å². The smallest absolute Gasteiger partial charge is 0.328 e. The molecule has 2 rings (SSSR count). The molecule has 5 heteroatoms. The van der Waals surface area contributed by atoms with Crippen molar-refractivity contribution >= 4 is 23.4 Å². The second-order valence-electron chi connectivity index (χ2n) is 6.95. The third kappa shape index (κ3) is 4.08. The van der Waals surface area contributed by atoms with Crippen LogP contribution in [0.15, 0.2) is 0 Å². The van der Waals surface area contributed by atoms with Crippen LogP contribution in [0.4, 0.5) is 0 Å². The van der Waals surface area contributed by atoms with Crippen molar-refractivity contribution in [2.75, 3.05) is 13.7 Å². The van der Waals surface area contributed by atoms with Crippen molar-refractivity contribution in [2.24, 2.45) is 11.8 Å². The average molecular weight is 299 g/mol. The Kier molecular flexibility index (Phi) is 4.57. The van der Waals surface area contributed by atoms with Gasteiger partial charge >= 0.3 is 5.97 Å². The predicted octanol–water partition coefficient (Wildman–Crippen LogP) is 2.75. The van der Waals surface area contributed by atoms with E-state index in [0.717, 1.165) is 18.9 Å². The van der Waals surface area contributed by atoms with Crippen LogP contribution in [0.2, 0.25) is 0 Å². The molecule has 20 heavy (non-hydrogen) atoms. The topological polar surface area (TPSA) is 38.8 Å². The van der Waals surface area contributed by atoms with E-state index in [-0.39, 0.29) is 17.6 Å². The van der Waals surface area contributed by atoms with Gasteiger partial charge in [-0.25, -0.2) is 4.79 Å². The molecule has 1 aliphatic heterocycles. The van der Waals surface area contributed by atoms with Gasteiger partial charge in [0.2, 0.25) is 0 Å². The first-order valence-electron chi connectivity index (χ1n) is 7.37. The molecule has 114 valence electrons. The van der Waals surface area contributed by atoms with Crippen molar-refractivity contribution in [3.63, 3.8) is 0 Å². The van der Waals surface area contributed by atoms with Gasteiger partial charge in [0, 0.05) is 6.54 Å². The lowest BCUT2D eigenvalue weighted by molar-refractivity contribution is -0.145. The summed E-state index contributed by atoms with van der Waals surface area (Å²) in [5.41, 5.74) is -0.341. The molecule has 0 aromatic heterocycles. The Morgan fingerprint density at radius 1 is 1.30 bits per heavy atom. The van der Waals surface area contributed by atoms with E-state index in [0.29, 0.717) is 11.1 Å². The number of esters is 1. The van der Waals surface area contributed by atoms with Gasteiger partial charge in [0.05, 0.1) is 7.11 Å². The standard InChI is InChI=1S/C15H25NO3S/c1-15(2,3)19-14(20)16-9-11(7-10-5-6-10)8-12(16)13(17)18-4/h10-12H,5-9H2,1-4H3/t11-,12+/m1/s1. The normalized spacial score (nSPS) is 26.5. The molecule has 0 amide bonds. The number of hydrogen-bond acceptors (Lipinski definition) is 4. The molecule has 0 aromatic carbocycles. The molecule has 1 aliphatic carbocycles. The van der Waals surface area contributed by atoms with E-state index in [9.17, 15) is 4.79 Å². The summed E-state index contributed by atoms with van der Waals surface area (Å²) in [7, 11) is 1.43. The molecule has 0 N–H and O–H groups in total. The summed E-state index contributed by atoms with van der Waals surface area (Å²) in [6.45, 7) is 6.70. The Morgan fingerprint density at radius 3 is 2.45 bits per heavy atom. The number of nitrogens with zero attached hydrogens (tertiary/aromatic N) is 1. The first-order valence-corrected chi connectivity index (χ1v) is 7.78. The van der Waals surface area contributed by atoms with Crippen LogP contribution >= 0.6 is 12.2 Å². The third-order valence-electron chi connectivity index (χ3n) is 3.85. The van der Waals surface area contributed by atoms with Gasteiger partial charge in [-0.2, -0.15) is 0 Å².